The highest BCUT2D eigenvalue weighted by Crippen LogP contribution is 2.31. The van der Waals surface area contributed by atoms with Gasteiger partial charge in [0.15, 0.2) is 16.6 Å². The highest BCUT2D eigenvalue weighted by molar-refractivity contribution is 7.80. The van der Waals surface area contributed by atoms with Crippen molar-refractivity contribution in [3.05, 3.63) is 89.5 Å². The van der Waals surface area contributed by atoms with Gasteiger partial charge in [-0.05, 0) is 54.5 Å². The standard InChI is InChI=1S/C23H23N3O2S/c1-17-9-6-7-10-19(17)16-28-22-18(11-8-14-21(22)27-2)15-24-26-23(29)25-20-12-4-3-5-13-20/h3-15H,16H2,1-2H3,(H2,25,26,29). The minimum atomic E-state index is 0.401. The van der Waals surface area contributed by atoms with Gasteiger partial charge >= 0.3 is 0 Å². The van der Waals surface area contributed by atoms with Crippen molar-refractivity contribution < 1.29 is 9.47 Å². The lowest BCUT2D eigenvalue weighted by Crippen LogP contribution is -2.23. The lowest BCUT2D eigenvalue weighted by atomic mass is 10.1. The van der Waals surface area contributed by atoms with Gasteiger partial charge in [0.1, 0.15) is 6.61 Å². The quantitative estimate of drug-likeness (QED) is 0.333. The van der Waals surface area contributed by atoms with Gasteiger partial charge in [-0.1, -0.05) is 48.5 Å². The van der Waals surface area contributed by atoms with Crippen LogP contribution in [-0.4, -0.2) is 18.4 Å². The number of hydrogen-bond donors (Lipinski definition) is 2. The third-order valence-electron chi connectivity index (χ3n) is 4.26. The van der Waals surface area contributed by atoms with E-state index in [0.717, 1.165) is 16.8 Å². The van der Waals surface area contributed by atoms with Crippen molar-refractivity contribution in [2.24, 2.45) is 5.10 Å². The van der Waals surface area contributed by atoms with Crippen LogP contribution in [0.3, 0.4) is 0 Å². The second kappa shape index (κ2) is 10.2. The molecule has 5 nitrogen and oxygen atoms in total. The number of aryl methyl sites for hydroxylation is 1. The molecule has 0 aliphatic carbocycles. The molecule has 0 atom stereocenters. The van der Waals surface area contributed by atoms with Gasteiger partial charge in [0.05, 0.1) is 13.3 Å². The highest BCUT2D eigenvalue weighted by Gasteiger charge is 2.10. The van der Waals surface area contributed by atoms with Gasteiger partial charge in [-0.25, -0.2) is 0 Å². The van der Waals surface area contributed by atoms with Gasteiger partial charge in [0.25, 0.3) is 0 Å². The van der Waals surface area contributed by atoms with E-state index in [1.54, 1.807) is 13.3 Å². The molecule has 0 aliphatic heterocycles. The van der Waals surface area contributed by atoms with Gasteiger partial charge in [-0.3, -0.25) is 5.43 Å². The van der Waals surface area contributed by atoms with E-state index in [2.05, 4.69) is 28.8 Å². The topological polar surface area (TPSA) is 54.9 Å². The molecule has 2 N–H and O–H groups in total. The van der Waals surface area contributed by atoms with Crippen molar-refractivity contribution in [1.29, 1.82) is 0 Å². The second-order valence-corrected chi connectivity index (χ2v) is 6.69. The van der Waals surface area contributed by atoms with Gasteiger partial charge < -0.3 is 14.8 Å². The molecule has 0 saturated heterocycles. The normalized spacial score (nSPS) is 10.6. The maximum atomic E-state index is 6.09. The Morgan fingerprint density at radius 3 is 2.52 bits per heavy atom. The van der Waals surface area contributed by atoms with Crippen molar-refractivity contribution >= 4 is 29.2 Å². The van der Waals surface area contributed by atoms with Gasteiger partial charge in [-0.2, -0.15) is 5.10 Å². The van der Waals surface area contributed by atoms with E-state index in [9.17, 15) is 0 Å². The molecule has 0 heterocycles. The average molecular weight is 406 g/mol. The maximum Gasteiger partial charge on any atom is 0.191 e. The number of ether oxygens (including phenoxy) is 2. The van der Waals surface area contributed by atoms with Crippen LogP contribution in [-0.2, 0) is 6.61 Å². The first-order chi connectivity index (χ1) is 14.2. The van der Waals surface area contributed by atoms with Crippen LogP contribution in [0.2, 0.25) is 0 Å². The lowest BCUT2D eigenvalue weighted by Gasteiger charge is -2.14. The molecule has 0 radical (unpaired) electrons. The zero-order chi connectivity index (χ0) is 20.5. The van der Waals surface area contributed by atoms with Crippen LogP contribution in [0.1, 0.15) is 16.7 Å². The minimum absolute atomic E-state index is 0.401. The predicted octanol–water partition coefficient (Wildman–Crippen LogP) is 4.90. The summed E-state index contributed by atoms with van der Waals surface area (Å²) in [5.41, 5.74) is 6.79. The number of hydrogen-bond acceptors (Lipinski definition) is 4. The summed E-state index contributed by atoms with van der Waals surface area (Å²) in [6.07, 6.45) is 1.66. The number of nitrogens with zero attached hydrogens (tertiary/aromatic N) is 1. The maximum absolute atomic E-state index is 6.09. The molecule has 0 amide bonds. The molecule has 0 aliphatic rings. The third-order valence-corrected chi connectivity index (χ3v) is 4.46. The number of methoxy groups -OCH3 is 1. The summed E-state index contributed by atoms with van der Waals surface area (Å²) in [7, 11) is 1.62. The molecule has 0 aromatic heterocycles. The summed E-state index contributed by atoms with van der Waals surface area (Å²) in [6, 6.07) is 23.5. The van der Waals surface area contributed by atoms with Crippen LogP contribution in [0.15, 0.2) is 77.9 Å². The van der Waals surface area contributed by atoms with Gasteiger partial charge in [-0.15, -0.1) is 0 Å². The Balaban J connectivity index is 1.69. The van der Waals surface area contributed by atoms with Gasteiger partial charge in [0, 0.05) is 11.3 Å². The zero-order valence-electron chi connectivity index (χ0n) is 16.4. The van der Waals surface area contributed by atoms with Crippen LogP contribution in [0.25, 0.3) is 0 Å². The van der Waals surface area contributed by atoms with E-state index in [4.69, 9.17) is 21.7 Å². The van der Waals surface area contributed by atoms with Crippen molar-refractivity contribution in [3.8, 4) is 11.5 Å². The number of para-hydroxylation sites is 2. The highest BCUT2D eigenvalue weighted by atomic mass is 32.1. The molecule has 29 heavy (non-hydrogen) atoms. The largest absolute Gasteiger partial charge is 0.493 e. The van der Waals surface area contributed by atoms with Gasteiger partial charge in [0.2, 0.25) is 0 Å². The summed E-state index contributed by atoms with van der Waals surface area (Å²) in [6.45, 7) is 2.50. The fourth-order valence-electron chi connectivity index (χ4n) is 2.71. The molecule has 0 unspecified atom stereocenters. The zero-order valence-corrected chi connectivity index (χ0v) is 17.2. The summed E-state index contributed by atoms with van der Waals surface area (Å²) in [5, 5.41) is 7.70. The van der Waals surface area contributed by atoms with Crippen LogP contribution in [0.4, 0.5) is 5.69 Å². The van der Waals surface area contributed by atoms with E-state index in [0.29, 0.717) is 23.2 Å². The average Bonchev–Trinajstić information content (AvgIpc) is 2.74. The Bertz CT molecular complexity index is 990. The van der Waals surface area contributed by atoms with Crippen LogP contribution in [0.5, 0.6) is 11.5 Å². The first kappa shape index (κ1) is 20.4. The van der Waals surface area contributed by atoms with Crippen molar-refractivity contribution in [1.82, 2.24) is 5.43 Å². The molecular weight excluding hydrogens is 382 g/mol. The van der Waals surface area contributed by atoms with E-state index < -0.39 is 0 Å². The summed E-state index contributed by atoms with van der Waals surface area (Å²) in [4.78, 5) is 0. The molecule has 0 spiro atoms. The Kier molecular flexibility index (Phi) is 7.19. The number of rotatable bonds is 7. The van der Waals surface area contributed by atoms with E-state index >= 15 is 0 Å². The monoisotopic (exact) mass is 405 g/mol. The predicted molar refractivity (Wildman–Crippen MR) is 122 cm³/mol. The SMILES string of the molecule is COc1cccc(C=NNC(=S)Nc2ccccc2)c1OCc1ccccc1C. The summed E-state index contributed by atoms with van der Waals surface area (Å²) in [5.74, 6) is 1.28. The summed E-state index contributed by atoms with van der Waals surface area (Å²) < 4.78 is 11.6. The Morgan fingerprint density at radius 2 is 1.76 bits per heavy atom. The molecule has 0 saturated carbocycles. The van der Waals surface area contributed by atoms with Crippen LogP contribution >= 0.6 is 12.2 Å². The Hall–Kier alpha value is -3.38. The molecule has 3 aromatic carbocycles. The fourth-order valence-corrected chi connectivity index (χ4v) is 2.88. The van der Waals surface area contributed by atoms with E-state index in [1.165, 1.54) is 5.56 Å². The molecule has 3 rings (SSSR count). The number of hydrazone groups is 1. The number of thiocarbonyl (C=S) groups is 1. The van der Waals surface area contributed by atoms with E-state index in [-0.39, 0.29) is 0 Å². The molecule has 0 fully saturated rings. The molecule has 3 aromatic rings. The smallest absolute Gasteiger partial charge is 0.191 e. The first-order valence-electron chi connectivity index (χ1n) is 9.17. The number of anilines is 1. The Labute approximate surface area is 176 Å². The third kappa shape index (κ3) is 5.80. The number of nitrogens with one attached hydrogen (secondary N) is 2. The molecule has 148 valence electrons. The minimum Gasteiger partial charge on any atom is -0.493 e. The second-order valence-electron chi connectivity index (χ2n) is 6.28. The lowest BCUT2D eigenvalue weighted by molar-refractivity contribution is 0.283. The summed E-state index contributed by atoms with van der Waals surface area (Å²) >= 11 is 5.27. The molecular formula is C23H23N3O2S. The Morgan fingerprint density at radius 1 is 1.00 bits per heavy atom. The van der Waals surface area contributed by atoms with Crippen molar-refractivity contribution in [2.45, 2.75) is 13.5 Å². The van der Waals surface area contributed by atoms with Crippen molar-refractivity contribution in [3.63, 3.8) is 0 Å². The molecule has 0 bridgehead atoms. The van der Waals surface area contributed by atoms with E-state index in [1.807, 2.05) is 66.7 Å². The van der Waals surface area contributed by atoms with Crippen LogP contribution < -0.4 is 20.2 Å². The van der Waals surface area contributed by atoms with Crippen molar-refractivity contribution in [2.75, 3.05) is 12.4 Å². The number of benzene rings is 3. The fraction of sp³-hybridized carbons (Fsp3) is 0.130. The van der Waals surface area contributed by atoms with Crippen LogP contribution in [0, 0.1) is 6.92 Å². The first-order valence-corrected chi connectivity index (χ1v) is 9.57. The molecule has 6 heteroatoms.